The maximum atomic E-state index is 9.87. The second-order valence-corrected chi connectivity index (χ2v) is 5.79. The van der Waals surface area contributed by atoms with Gasteiger partial charge in [-0.25, -0.2) is 4.98 Å². The summed E-state index contributed by atoms with van der Waals surface area (Å²) in [5.74, 6) is 1.15. The van der Waals surface area contributed by atoms with Gasteiger partial charge in [0.2, 0.25) is 0 Å². The van der Waals surface area contributed by atoms with E-state index in [-0.39, 0.29) is 5.41 Å². The highest BCUT2D eigenvalue weighted by molar-refractivity contribution is 5.45. The van der Waals surface area contributed by atoms with Gasteiger partial charge in [-0.3, -0.25) is 4.98 Å². The number of aryl methyl sites for hydroxylation is 2. The lowest BCUT2D eigenvalue weighted by Gasteiger charge is -2.27. The molecule has 2 rings (SSSR count). The molecule has 0 bridgehead atoms. The maximum absolute atomic E-state index is 9.87. The summed E-state index contributed by atoms with van der Waals surface area (Å²) in [4.78, 5) is 8.25. The van der Waals surface area contributed by atoms with E-state index < -0.39 is 0 Å². The SMILES string of the molecule is Cc1cc(C(C)(C)CNc2cnccn2)cc(C)c1O. The lowest BCUT2D eigenvalue weighted by atomic mass is 9.83. The number of phenolic OH excluding ortho intramolecular Hbond substituents is 1. The monoisotopic (exact) mass is 271 g/mol. The van der Waals surface area contributed by atoms with Gasteiger partial charge < -0.3 is 10.4 Å². The number of aromatic nitrogens is 2. The number of phenols is 1. The summed E-state index contributed by atoms with van der Waals surface area (Å²) in [6.45, 7) is 8.94. The molecule has 0 aliphatic heterocycles. The van der Waals surface area contributed by atoms with Crippen molar-refractivity contribution in [2.45, 2.75) is 33.1 Å². The third-order valence-electron chi connectivity index (χ3n) is 3.55. The van der Waals surface area contributed by atoms with Gasteiger partial charge in [0.15, 0.2) is 0 Å². The summed E-state index contributed by atoms with van der Waals surface area (Å²) in [5, 5.41) is 13.2. The Morgan fingerprint density at radius 2 is 1.80 bits per heavy atom. The van der Waals surface area contributed by atoms with Crippen LogP contribution in [0.5, 0.6) is 5.75 Å². The summed E-state index contributed by atoms with van der Waals surface area (Å²) in [5.41, 5.74) is 2.95. The van der Waals surface area contributed by atoms with Gasteiger partial charge in [-0.05, 0) is 30.5 Å². The van der Waals surface area contributed by atoms with Crippen LogP contribution < -0.4 is 5.32 Å². The highest BCUT2D eigenvalue weighted by atomic mass is 16.3. The van der Waals surface area contributed by atoms with Crippen LogP contribution in [-0.4, -0.2) is 21.6 Å². The average molecular weight is 271 g/mol. The smallest absolute Gasteiger partial charge is 0.144 e. The molecule has 0 aliphatic carbocycles. The molecule has 0 aliphatic rings. The number of rotatable bonds is 4. The zero-order valence-electron chi connectivity index (χ0n) is 12.4. The van der Waals surface area contributed by atoms with E-state index in [2.05, 4.69) is 29.1 Å². The van der Waals surface area contributed by atoms with Crippen molar-refractivity contribution in [3.63, 3.8) is 0 Å². The first-order valence-corrected chi connectivity index (χ1v) is 6.71. The van der Waals surface area contributed by atoms with Gasteiger partial charge in [-0.2, -0.15) is 0 Å². The van der Waals surface area contributed by atoms with E-state index in [4.69, 9.17) is 0 Å². The molecule has 1 aromatic carbocycles. The van der Waals surface area contributed by atoms with Gasteiger partial charge in [0.05, 0.1) is 6.20 Å². The fourth-order valence-corrected chi connectivity index (χ4v) is 2.15. The number of nitrogens with zero attached hydrogens (tertiary/aromatic N) is 2. The quantitative estimate of drug-likeness (QED) is 0.896. The molecule has 0 saturated heterocycles. The number of aromatic hydroxyl groups is 1. The molecule has 2 N–H and O–H groups in total. The van der Waals surface area contributed by atoms with E-state index >= 15 is 0 Å². The molecule has 20 heavy (non-hydrogen) atoms. The van der Waals surface area contributed by atoms with Crippen LogP contribution in [0.2, 0.25) is 0 Å². The highest BCUT2D eigenvalue weighted by Crippen LogP contribution is 2.30. The fourth-order valence-electron chi connectivity index (χ4n) is 2.15. The Labute approximate surface area is 119 Å². The van der Waals surface area contributed by atoms with Crippen LogP contribution in [0.3, 0.4) is 0 Å². The van der Waals surface area contributed by atoms with Crippen LogP contribution in [0, 0.1) is 13.8 Å². The van der Waals surface area contributed by atoms with Gasteiger partial charge in [0.25, 0.3) is 0 Å². The number of hydrogen-bond donors (Lipinski definition) is 2. The van der Waals surface area contributed by atoms with Crippen LogP contribution in [0.25, 0.3) is 0 Å². The van der Waals surface area contributed by atoms with Crippen molar-refractivity contribution >= 4 is 5.82 Å². The second kappa shape index (κ2) is 5.49. The summed E-state index contributed by atoms with van der Waals surface area (Å²) in [6, 6.07) is 4.08. The van der Waals surface area contributed by atoms with Crippen molar-refractivity contribution in [3.05, 3.63) is 47.4 Å². The lowest BCUT2D eigenvalue weighted by Crippen LogP contribution is -2.28. The first-order valence-electron chi connectivity index (χ1n) is 6.71. The van der Waals surface area contributed by atoms with Crippen molar-refractivity contribution in [1.29, 1.82) is 0 Å². The van der Waals surface area contributed by atoms with Gasteiger partial charge in [0, 0.05) is 24.4 Å². The average Bonchev–Trinajstić information content (AvgIpc) is 2.43. The predicted molar refractivity (Wildman–Crippen MR) is 81.1 cm³/mol. The molecule has 0 amide bonds. The lowest BCUT2D eigenvalue weighted by molar-refractivity contribution is 0.465. The van der Waals surface area contributed by atoms with E-state index in [1.165, 1.54) is 5.56 Å². The topological polar surface area (TPSA) is 58.0 Å². The first kappa shape index (κ1) is 14.3. The Morgan fingerprint density at radius 1 is 1.15 bits per heavy atom. The van der Waals surface area contributed by atoms with E-state index in [0.717, 1.165) is 23.5 Å². The third-order valence-corrected chi connectivity index (χ3v) is 3.55. The van der Waals surface area contributed by atoms with Crippen molar-refractivity contribution in [3.8, 4) is 5.75 Å². The normalized spacial score (nSPS) is 11.4. The molecular formula is C16H21N3O. The Balaban J connectivity index is 2.18. The van der Waals surface area contributed by atoms with Crippen molar-refractivity contribution in [2.24, 2.45) is 0 Å². The van der Waals surface area contributed by atoms with Crippen LogP contribution in [-0.2, 0) is 5.41 Å². The Hall–Kier alpha value is -2.10. The maximum Gasteiger partial charge on any atom is 0.144 e. The molecule has 0 saturated carbocycles. The zero-order valence-corrected chi connectivity index (χ0v) is 12.4. The summed E-state index contributed by atoms with van der Waals surface area (Å²) < 4.78 is 0. The van der Waals surface area contributed by atoms with Gasteiger partial charge in [0.1, 0.15) is 11.6 Å². The number of nitrogens with one attached hydrogen (secondary N) is 1. The van der Waals surface area contributed by atoms with Crippen LogP contribution in [0.4, 0.5) is 5.82 Å². The molecule has 106 valence electrons. The van der Waals surface area contributed by atoms with Gasteiger partial charge in [-0.1, -0.05) is 26.0 Å². The van der Waals surface area contributed by atoms with E-state index in [1.54, 1.807) is 18.6 Å². The molecule has 0 atom stereocenters. The van der Waals surface area contributed by atoms with Crippen LogP contribution in [0.15, 0.2) is 30.7 Å². The summed E-state index contributed by atoms with van der Waals surface area (Å²) in [6.07, 6.45) is 5.04. The number of benzene rings is 1. The van der Waals surface area contributed by atoms with E-state index in [9.17, 15) is 5.11 Å². The molecule has 0 unspecified atom stereocenters. The second-order valence-electron chi connectivity index (χ2n) is 5.79. The minimum absolute atomic E-state index is 0.0687. The van der Waals surface area contributed by atoms with E-state index in [0.29, 0.717) is 5.75 Å². The molecule has 1 heterocycles. The van der Waals surface area contributed by atoms with Gasteiger partial charge >= 0.3 is 0 Å². The minimum atomic E-state index is -0.0687. The standard InChI is InChI=1S/C16H21N3O/c1-11-7-13(8-12(2)15(11)20)16(3,4)10-19-14-9-17-5-6-18-14/h5-9,20H,10H2,1-4H3,(H,18,19). The van der Waals surface area contributed by atoms with Gasteiger partial charge in [-0.15, -0.1) is 0 Å². The molecule has 0 spiro atoms. The van der Waals surface area contributed by atoms with Crippen molar-refractivity contribution in [2.75, 3.05) is 11.9 Å². The Kier molecular flexibility index (Phi) is 3.93. The van der Waals surface area contributed by atoms with Crippen LogP contribution in [0.1, 0.15) is 30.5 Å². The number of hydrogen-bond acceptors (Lipinski definition) is 4. The molecule has 0 fully saturated rings. The fraction of sp³-hybridized carbons (Fsp3) is 0.375. The zero-order chi connectivity index (χ0) is 14.8. The first-order chi connectivity index (χ1) is 9.40. The highest BCUT2D eigenvalue weighted by Gasteiger charge is 2.22. The molecule has 1 aromatic heterocycles. The Morgan fingerprint density at radius 3 is 2.35 bits per heavy atom. The molecule has 4 heteroatoms. The molecule has 2 aromatic rings. The van der Waals surface area contributed by atoms with Crippen molar-refractivity contribution in [1.82, 2.24) is 9.97 Å². The molecule has 0 radical (unpaired) electrons. The van der Waals surface area contributed by atoms with Crippen molar-refractivity contribution < 1.29 is 5.11 Å². The Bertz CT molecular complexity index is 571. The molecular weight excluding hydrogens is 250 g/mol. The number of anilines is 1. The largest absolute Gasteiger partial charge is 0.507 e. The minimum Gasteiger partial charge on any atom is -0.507 e. The van der Waals surface area contributed by atoms with Crippen LogP contribution >= 0.6 is 0 Å². The third kappa shape index (κ3) is 3.07. The predicted octanol–water partition coefficient (Wildman–Crippen LogP) is 3.19. The van der Waals surface area contributed by atoms with E-state index in [1.807, 2.05) is 26.0 Å². The molecule has 4 nitrogen and oxygen atoms in total. The summed E-state index contributed by atoms with van der Waals surface area (Å²) >= 11 is 0. The summed E-state index contributed by atoms with van der Waals surface area (Å²) in [7, 11) is 0.